The molecule has 3 nitrogen and oxygen atoms in total. The Kier molecular flexibility index (Phi) is 2.95. The van der Waals surface area contributed by atoms with Crippen molar-refractivity contribution in [3.8, 4) is 0 Å². The molecular formula is C14H23N3. The molecule has 1 aromatic heterocycles. The van der Waals surface area contributed by atoms with Crippen molar-refractivity contribution in [2.45, 2.75) is 58.2 Å². The van der Waals surface area contributed by atoms with Gasteiger partial charge in [-0.3, -0.25) is 4.68 Å². The molecule has 0 amide bonds. The molecule has 2 fully saturated rings. The maximum atomic E-state index is 4.59. The first kappa shape index (κ1) is 11.3. The highest BCUT2D eigenvalue weighted by atomic mass is 15.3. The number of aromatic nitrogens is 2. The zero-order chi connectivity index (χ0) is 11.8. The molecule has 0 radical (unpaired) electrons. The van der Waals surface area contributed by atoms with Crippen molar-refractivity contribution in [1.82, 2.24) is 15.1 Å². The van der Waals surface area contributed by atoms with Crippen LogP contribution in [0.4, 0.5) is 0 Å². The Morgan fingerprint density at radius 1 is 1.41 bits per heavy atom. The maximum Gasteiger partial charge on any atom is 0.0762 e. The van der Waals surface area contributed by atoms with Gasteiger partial charge in [0.2, 0.25) is 0 Å². The highest BCUT2D eigenvalue weighted by molar-refractivity contribution is 5.01. The molecule has 17 heavy (non-hydrogen) atoms. The van der Waals surface area contributed by atoms with Gasteiger partial charge in [-0.05, 0) is 51.0 Å². The van der Waals surface area contributed by atoms with Gasteiger partial charge >= 0.3 is 0 Å². The number of hydrogen-bond acceptors (Lipinski definition) is 2. The quantitative estimate of drug-likeness (QED) is 0.866. The van der Waals surface area contributed by atoms with Crippen molar-refractivity contribution in [1.29, 1.82) is 0 Å². The Morgan fingerprint density at radius 3 is 2.88 bits per heavy atom. The molecule has 94 valence electrons. The van der Waals surface area contributed by atoms with Crippen molar-refractivity contribution in [2.24, 2.45) is 11.8 Å². The van der Waals surface area contributed by atoms with Crippen LogP contribution in [0.5, 0.6) is 0 Å². The Hall–Kier alpha value is -0.830. The van der Waals surface area contributed by atoms with Crippen molar-refractivity contribution in [2.75, 3.05) is 0 Å². The number of rotatable bonds is 4. The summed E-state index contributed by atoms with van der Waals surface area (Å²) in [5, 5.41) is 8.29. The van der Waals surface area contributed by atoms with E-state index < -0.39 is 0 Å². The Morgan fingerprint density at radius 2 is 2.29 bits per heavy atom. The van der Waals surface area contributed by atoms with E-state index in [0.29, 0.717) is 6.04 Å². The summed E-state index contributed by atoms with van der Waals surface area (Å²) < 4.78 is 2.04. The van der Waals surface area contributed by atoms with Gasteiger partial charge in [0.25, 0.3) is 0 Å². The fraction of sp³-hybridized carbons (Fsp3) is 0.786. The molecule has 3 unspecified atom stereocenters. The standard InChI is InChI=1S/C14H23N3/c1-10(2)17-6-5-13(16-17)9-15-14-8-11-3-4-12(14)7-11/h5-6,10-12,14-15H,3-4,7-9H2,1-2H3. The summed E-state index contributed by atoms with van der Waals surface area (Å²) in [4.78, 5) is 0. The van der Waals surface area contributed by atoms with Crippen LogP contribution in [0.3, 0.4) is 0 Å². The predicted octanol–water partition coefficient (Wildman–Crippen LogP) is 2.74. The fourth-order valence-electron chi connectivity index (χ4n) is 3.49. The molecule has 0 aliphatic heterocycles. The molecule has 1 N–H and O–H groups in total. The van der Waals surface area contributed by atoms with Crippen LogP contribution in [0.15, 0.2) is 12.3 Å². The Labute approximate surface area is 104 Å². The van der Waals surface area contributed by atoms with Gasteiger partial charge in [-0.25, -0.2) is 0 Å². The fourth-order valence-corrected chi connectivity index (χ4v) is 3.49. The van der Waals surface area contributed by atoms with E-state index in [0.717, 1.165) is 24.4 Å². The third kappa shape index (κ3) is 2.25. The van der Waals surface area contributed by atoms with E-state index in [1.54, 1.807) is 0 Å². The zero-order valence-electron chi connectivity index (χ0n) is 10.9. The van der Waals surface area contributed by atoms with Crippen LogP contribution in [0.25, 0.3) is 0 Å². The minimum absolute atomic E-state index is 0.464. The minimum Gasteiger partial charge on any atom is -0.308 e. The zero-order valence-corrected chi connectivity index (χ0v) is 10.9. The minimum atomic E-state index is 0.464. The smallest absolute Gasteiger partial charge is 0.0762 e. The molecule has 1 heterocycles. The molecule has 0 spiro atoms. The molecule has 2 aliphatic carbocycles. The van der Waals surface area contributed by atoms with Gasteiger partial charge in [0.05, 0.1) is 5.69 Å². The Bertz CT molecular complexity index is 383. The van der Waals surface area contributed by atoms with Crippen LogP contribution in [0, 0.1) is 11.8 Å². The lowest BCUT2D eigenvalue weighted by Gasteiger charge is -2.22. The molecule has 3 rings (SSSR count). The topological polar surface area (TPSA) is 29.9 Å². The van der Waals surface area contributed by atoms with Crippen LogP contribution in [-0.4, -0.2) is 15.8 Å². The molecule has 2 aliphatic rings. The first-order chi connectivity index (χ1) is 8.22. The number of hydrogen-bond donors (Lipinski definition) is 1. The lowest BCUT2D eigenvalue weighted by molar-refractivity contribution is 0.348. The van der Waals surface area contributed by atoms with Gasteiger partial charge in [-0.15, -0.1) is 0 Å². The van der Waals surface area contributed by atoms with Gasteiger partial charge in [-0.2, -0.15) is 5.10 Å². The molecule has 0 aromatic carbocycles. The number of nitrogens with zero attached hydrogens (tertiary/aromatic N) is 2. The number of fused-ring (bicyclic) bond motifs is 2. The highest BCUT2D eigenvalue weighted by Gasteiger charge is 2.38. The summed E-state index contributed by atoms with van der Waals surface area (Å²) in [5.74, 6) is 1.97. The van der Waals surface area contributed by atoms with Crippen LogP contribution < -0.4 is 5.32 Å². The van der Waals surface area contributed by atoms with E-state index in [9.17, 15) is 0 Å². The summed E-state index contributed by atoms with van der Waals surface area (Å²) in [6.07, 6.45) is 7.88. The van der Waals surface area contributed by atoms with E-state index in [2.05, 4.69) is 36.5 Å². The second kappa shape index (κ2) is 4.45. The molecule has 2 bridgehead atoms. The second-order valence-electron chi connectivity index (χ2n) is 6.04. The summed E-state index contributed by atoms with van der Waals surface area (Å²) >= 11 is 0. The SMILES string of the molecule is CC(C)n1ccc(CNC2CC3CCC2C3)n1. The van der Waals surface area contributed by atoms with Crippen molar-refractivity contribution >= 4 is 0 Å². The normalized spacial score (nSPS) is 31.6. The van der Waals surface area contributed by atoms with Crippen molar-refractivity contribution in [3.63, 3.8) is 0 Å². The second-order valence-corrected chi connectivity index (χ2v) is 6.04. The van der Waals surface area contributed by atoms with E-state index in [-0.39, 0.29) is 0 Å². The first-order valence-electron chi connectivity index (χ1n) is 7.00. The third-order valence-corrected chi connectivity index (χ3v) is 4.48. The van der Waals surface area contributed by atoms with Crippen molar-refractivity contribution in [3.05, 3.63) is 18.0 Å². The average Bonchev–Trinajstić information content (AvgIpc) is 3.02. The first-order valence-corrected chi connectivity index (χ1v) is 7.00. The lowest BCUT2D eigenvalue weighted by atomic mass is 9.95. The molecule has 0 saturated heterocycles. The molecule has 3 heteroatoms. The van der Waals surface area contributed by atoms with Crippen LogP contribution >= 0.6 is 0 Å². The summed E-state index contributed by atoms with van der Waals surface area (Å²) in [7, 11) is 0. The van der Waals surface area contributed by atoms with Gasteiger partial charge in [0, 0.05) is 24.8 Å². The Balaban J connectivity index is 1.53. The van der Waals surface area contributed by atoms with E-state index in [1.165, 1.54) is 31.4 Å². The van der Waals surface area contributed by atoms with Gasteiger partial charge < -0.3 is 5.32 Å². The lowest BCUT2D eigenvalue weighted by Crippen LogP contribution is -2.33. The van der Waals surface area contributed by atoms with E-state index >= 15 is 0 Å². The molecule has 2 saturated carbocycles. The monoisotopic (exact) mass is 233 g/mol. The summed E-state index contributed by atoms with van der Waals surface area (Å²) in [5.41, 5.74) is 1.18. The largest absolute Gasteiger partial charge is 0.308 e. The van der Waals surface area contributed by atoms with Crippen LogP contribution in [0.2, 0.25) is 0 Å². The molecular weight excluding hydrogens is 210 g/mol. The van der Waals surface area contributed by atoms with E-state index in [4.69, 9.17) is 0 Å². The third-order valence-electron chi connectivity index (χ3n) is 4.48. The summed E-state index contributed by atoms with van der Waals surface area (Å²) in [6, 6.07) is 3.37. The van der Waals surface area contributed by atoms with Crippen LogP contribution in [-0.2, 0) is 6.54 Å². The van der Waals surface area contributed by atoms with Gasteiger partial charge in [0.15, 0.2) is 0 Å². The maximum absolute atomic E-state index is 4.59. The van der Waals surface area contributed by atoms with Gasteiger partial charge in [0.1, 0.15) is 0 Å². The number of nitrogens with one attached hydrogen (secondary N) is 1. The molecule has 1 aromatic rings. The van der Waals surface area contributed by atoms with Crippen LogP contribution in [0.1, 0.15) is 51.3 Å². The van der Waals surface area contributed by atoms with Crippen molar-refractivity contribution < 1.29 is 0 Å². The van der Waals surface area contributed by atoms with Gasteiger partial charge in [-0.1, -0.05) is 6.42 Å². The summed E-state index contributed by atoms with van der Waals surface area (Å²) in [6.45, 7) is 5.27. The highest BCUT2D eigenvalue weighted by Crippen LogP contribution is 2.44. The molecule has 3 atom stereocenters. The van der Waals surface area contributed by atoms with E-state index in [1.807, 2.05) is 4.68 Å². The predicted molar refractivity (Wildman–Crippen MR) is 68.7 cm³/mol. The average molecular weight is 233 g/mol.